The molecule has 2 amide bonds. The number of fused-ring (bicyclic) bond motifs is 2. The summed E-state index contributed by atoms with van der Waals surface area (Å²) in [5.41, 5.74) is 5.92. The van der Waals surface area contributed by atoms with Gasteiger partial charge in [-0.1, -0.05) is 31.2 Å². The van der Waals surface area contributed by atoms with Gasteiger partial charge in [0.15, 0.2) is 34.9 Å². The van der Waals surface area contributed by atoms with Crippen LogP contribution in [0, 0.1) is 33.6 Å². The van der Waals surface area contributed by atoms with Crippen molar-refractivity contribution >= 4 is 23.5 Å². The standard InChI is InChI=1S/C47H48F2N4O8/c1-6-42(54)61-44-36(35-16-19-50-27(3)26(35)2)8-7-9-37(44)52-45(55)38-20-32-21-39-40(22-33(32)23-53(38)46(56)43-28(4)59-29(5)51-43)60-41(25-58-39)31-10-12-34(13-11-31)57-24-30-14-17-47(48,49)18-15-30/h7-13,16,19,21-22,30,38,41H,6,14-15,17-18,20,23-25H2,1-5H3,(H,52,55)/t38-,41+/m0/s1. The first-order valence-corrected chi connectivity index (χ1v) is 20.6. The van der Waals surface area contributed by atoms with Crippen molar-refractivity contribution in [1.82, 2.24) is 14.9 Å². The maximum Gasteiger partial charge on any atom is 0.310 e. The predicted octanol–water partition coefficient (Wildman–Crippen LogP) is 9.21. The fourth-order valence-corrected chi connectivity index (χ4v) is 8.18. The number of benzene rings is 3. The minimum absolute atomic E-state index is 0.0524. The summed E-state index contributed by atoms with van der Waals surface area (Å²) in [5, 5.41) is 3.00. The van der Waals surface area contributed by atoms with Gasteiger partial charge in [0, 0.05) is 56.6 Å². The van der Waals surface area contributed by atoms with Crippen LogP contribution in [0.25, 0.3) is 11.1 Å². The molecule has 5 aromatic rings. The van der Waals surface area contributed by atoms with Crippen LogP contribution in [-0.2, 0) is 22.6 Å². The molecule has 2 aliphatic heterocycles. The number of halogens is 2. The van der Waals surface area contributed by atoms with Crippen LogP contribution in [0.4, 0.5) is 14.5 Å². The van der Waals surface area contributed by atoms with Crippen molar-refractivity contribution in [3.05, 3.63) is 112 Å². The first-order valence-electron chi connectivity index (χ1n) is 20.6. The van der Waals surface area contributed by atoms with E-state index >= 15 is 0 Å². The topological polar surface area (TPSA) is 142 Å². The van der Waals surface area contributed by atoms with E-state index in [2.05, 4.69) is 15.3 Å². The summed E-state index contributed by atoms with van der Waals surface area (Å²) < 4.78 is 57.4. The lowest BCUT2D eigenvalue weighted by Gasteiger charge is -2.37. The van der Waals surface area contributed by atoms with E-state index in [1.54, 1.807) is 39.1 Å². The number of rotatable bonds is 10. The minimum Gasteiger partial charge on any atom is -0.493 e. The second-order valence-corrected chi connectivity index (χ2v) is 16.0. The molecule has 61 heavy (non-hydrogen) atoms. The SMILES string of the molecule is CCC(=O)Oc1c(NC(=O)[C@@H]2Cc3cc4c(cc3CN2C(=O)c2nc(C)oc2C)O[C@@H](c2ccc(OCC3CCC(F)(F)CC3)cc2)CO4)cccc1-c1ccnc(C)c1C. The van der Waals surface area contributed by atoms with Crippen LogP contribution in [0.5, 0.6) is 23.0 Å². The Morgan fingerprint density at radius 1 is 0.951 bits per heavy atom. The highest BCUT2D eigenvalue weighted by molar-refractivity contribution is 6.03. The third-order valence-electron chi connectivity index (χ3n) is 11.8. The van der Waals surface area contributed by atoms with E-state index in [1.165, 1.54) is 4.90 Å². The Kier molecular flexibility index (Phi) is 11.5. The lowest BCUT2D eigenvalue weighted by molar-refractivity contribution is -0.134. The van der Waals surface area contributed by atoms with Gasteiger partial charge in [-0.05, 0) is 104 Å². The first kappa shape index (κ1) is 41.4. The van der Waals surface area contributed by atoms with Crippen LogP contribution in [-0.4, -0.2) is 57.8 Å². The molecule has 14 heteroatoms. The van der Waals surface area contributed by atoms with E-state index in [1.807, 2.05) is 62.4 Å². The normalized spacial score (nSPS) is 18.2. The van der Waals surface area contributed by atoms with Crippen molar-refractivity contribution < 1.29 is 46.5 Å². The smallest absolute Gasteiger partial charge is 0.310 e. The number of carbonyl (C=O) groups excluding carboxylic acids is 3. The maximum absolute atomic E-state index is 14.6. The molecule has 4 heterocycles. The highest BCUT2D eigenvalue weighted by Gasteiger charge is 2.39. The third kappa shape index (κ3) is 8.80. The lowest BCUT2D eigenvalue weighted by atomic mass is 9.87. The zero-order chi connectivity index (χ0) is 43.0. The number of para-hydroxylation sites is 1. The molecule has 8 rings (SSSR count). The molecule has 1 N–H and O–H groups in total. The molecule has 0 radical (unpaired) electrons. The van der Waals surface area contributed by atoms with Crippen LogP contribution in [0.1, 0.15) is 95.2 Å². The van der Waals surface area contributed by atoms with Gasteiger partial charge in [-0.15, -0.1) is 0 Å². The van der Waals surface area contributed by atoms with Gasteiger partial charge in [-0.3, -0.25) is 19.4 Å². The van der Waals surface area contributed by atoms with E-state index < -0.39 is 35.9 Å². The van der Waals surface area contributed by atoms with Gasteiger partial charge in [0.25, 0.3) is 5.91 Å². The molecule has 0 spiro atoms. The van der Waals surface area contributed by atoms with Gasteiger partial charge >= 0.3 is 5.97 Å². The molecule has 1 aliphatic carbocycles. The van der Waals surface area contributed by atoms with Crippen molar-refractivity contribution in [2.45, 2.75) is 97.8 Å². The third-order valence-corrected chi connectivity index (χ3v) is 11.8. The second-order valence-electron chi connectivity index (χ2n) is 16.0. The average molecular weight is 835 g/mol. The van der Waals surface area contributed by atoms with E-state index in [9.17, 15) is 23.2 Å². The summed E-state index contributed by atoms with van der Waals surface area (Å²) in [6.07, 6.45) is 2.19. The Morgan fingerprint density at radius 2 is 1.70 bits per heavy atom. The number of esters is 1. The van der Waals surface area contributed by atoms with Crippen molar-refractivity contribution in [3.8, 4) is 34.1 Å². The number of carbonyl (C=O) groups is 3. The van der Waals surface area contributed by atoms with Crippen LogP contribution < -0.4 is 24.3 Å². The highest BCUT2D eigenvalue weighted by Crippen LogP contribution is 2.43. The second kappa shape index (κ2) is 17.0. The molecule has 3 aromatic carbocycles. The minimum atomic E-state index is -2.57. The van der Waals surface area contributed by atoms with Gasteiger partial charge in [0.1, 0.15) is 24.2 Å². The summed E-state index contributed by atoms with van der Waals surface area (Å²) in [6, 6.07) is 17.3. The number of oxazole rings is 1. The number of nitrogens with zero attached hydrogens (tertiary/aromatic N) is 3. The van der Waals surface area contributed by atoms with Crippen LogP contribution in [0.3, 0.4) is 0 Å². The van der Waals surface area contributed by atoms with Gasteiger partial charge in [-0.25, -0.2) is 13.8 Å². The molecular weight excluding hydrogens is 787 g/mol. The van der Waals surface area contributed by atoms with Crippen molar-refractivity contribution in [1.29, 1.82) is 0 Å². The lowest BCUT2D eigenvalue weighted by Crippen LogP contribution is -2.51. The van der Waals surface area contributed by atoms with E-state index in [-0.39, 0.29) is 61.9 Å². The van der Waals surface area contributed by atoms with Crippen LogP contribution in [0.2, 0.25) is 0 Å². The molecular formula is C47H48F2N4O8. The molecule has 1 saturated carbocycles. The summed E-state index contributed by atoms with van der Waals surface area (Å²) in [4.78, 5) is 51.9. The van der Waals surface area contributed by atoms with Gasteiger partial charge in [-0.2, -0.15) is 0 Å². The van der Waals surface area contributed by atoms with Crippen molar-refractivity contribution in [3.63, 3.8) is 0 Å². The highest BCUT2D eigenvalue weighted by atomic mass is 19.3. The number of nitrogens with one attached hydrogen (secondary N) is 1. The largest absolute Gasteiger partial charge is 0.493 e. The Balaban J connectivity index is 1.04. The average Bonchev–Trinajstić information content (AvgIpc) is 3.60. The number of hydrogen-bond acceptors (Lipinski definition) is 10. The van der Waals surface area contributed by atoms with E-state index in [4.69, 9.17) is 23.4 Å². The molecule has 0 unspecified atom stereocenters. The molecule has 318 valence electrons. The summed E-state index contributed by atoms with van der Waals surface area (Å²) >= 11 is 0. The van der Waals surface area contributed by atoms with E-state index in [0.717, 1.165) is 33.5 Å². The Hall–Kier alpha value is -6.31. The number of hydrogen-bond donors (Lipinski definition) is 1. The number of ether oxygens (including phenoxy) is 4. The Labute approximate surface area is 352 Å². The monoisotopic (exact) mass is 834 g/mol. The van der Waals surface area contributed by atoms with Gasteiger partial charge in [0.2, 0.25) is 11.8 Å². The summed E-state index contributed by atoms with van der Waals surface area (Å²) in [7, 11) is 0. The van der Waals surface area contributed by atoms with Gasteiger partial charge < -0.3 is 33.6 Å². The number of anilines is 1. The van der Waals surface area contributed by atoms with E-state index in [0.29, 0.717) is 53.9 Å². The maximum atomic E-state index is 14.6. The summed E-state index contributed by atoms with van der Waals surface area (Å²) in [6.45, 7) is 9.50. The number of amides is 2. The molecule has 0 saturated heterocycles. The molecule has 2 atom stereocenters. The fourth-order valence-electron chi connectivity index (χ4n) is 8.18. The van der Waals surface area contributed by atoms with Crippen molar-refractivity contribution in [2.24, 2.45) is 5.92 Å². The quantitative estimate of drug-likeness (QED) is 0.107. The number of alkyl halides is 2. The molecule has 12 nitrogen and oxygen atoms in total. The Bertz CT molecular complexity index is 2480. The first-order chi connectivity index (χ1) is 29.3. The Morgan fingerprint density at radius 3 is 2.43 bits per heavy atom. The summed E-state index contributed by atoms with van der Waals surface area (Å²) in [5.74, 6) is -1.42. The fraction of sp³-hybridized carbons (Fsp3) is 0.383. The van der Waals surface area contributed by atoms with Crippen LogP contribution in [0.15, 0.2) is 71.3 Å². The zero-order valence-corrected chi connectivity index (χ0v) is 34.8. The molecule has 0 bridgehead atoms. The number of aromatic nitrogens is 2. The van der Waals surface area contributed by atoms with Crippen LogP contribution >= 0.6 is 0 Å². The molecule has 1 fully saturated rings. The number of aryl methyl sites for hydroxylation is 3. The molecule has 3 aliphatic rings. The number of pyridine rings is 1. The van der Waals surface area contributed by atoms with Gasteiger partial charge in [0.05, 0.1) is 12.3 Å². The predicted molar refractivity (Wildman–Crippen MR) is 221 cm³/mol. The zero-order valence-electron chi connectivity index (χ0n) is 34.8. The molecule has 2 aromatic heterocycles. The van der Waals surface area contributed by atoms with Crippen molar-refractivity contribution in [2.75, 3.05) is 18.5 Å².